The molecule has 0 saturated heterocycles. The molecule has 0 aromatic heterocycles. The SMILES string of the molecule is O=C(O)CC(O)CNC(=O)c1cccc(NC(=O)OCC2c3ccccc3-c3ccccc32)c1F. The number of benzene rings is 3. The number of hydrogen-bond acceptors (Lipinski definition) is 5. The van der Waals surface area contributed by atoms with Gasteiger partial charge in [-0.05, 0) is 34.4 Å². The molecule has 1 unspecified atom stereocenters. The fourth-order valence-electron chi connectivity index (χ4n) is 4.13. The van der Waals surface area contributed by atoms with Gasteiger partial charge in [-0.1, -0.05) is 54.6 Å². The lowest BCUT2D eigenvalue weighted by molar-refractivity contribution is -0.139. The summed E-state index contributed by atoms with van der Waals surface area (Å²) in [6, 6.07) is 19.6. The van der Waals surface area contributed by atoms with Crippen molar-refractivity contribution in [2.45, 2.75) is 18.4 Å². The first-order valence-corrected chi connectivity index (χ1v) is 10.9. The van der Waals surface area contributed by atoms with E-state index in [1.807, 2.05) is 48.5 Å². The number of rotatable bonds is 8. The van der Waals surface area contributed by atoms with E-state index in [9.17, 15) is 23.9 Å². The number of aliphatic hydroxyl groups excluding tert-OH is 1. The predicted octanol–water partition coefficient (Wildman–Crippen LogP) is 3.75. The standard InChI is InChI=1S/C26H23FN2O6/c27-24-20(25(33)28-13-15(30)12-23(31)32)10-5-11-22(24)29-26(34)35-14-21-18-8-3-1-6-16(18)17-7-2-4-9-19(17)21/h1-11,15,21,30H,12-14H2,(H,28,33)(H,29,34)(H,31,32). The molecule has 0 radical (unpaired) electrons. The van der Waals surface area contributed by atoms with Gasteiger partial charge in [0.15, 0.2) is 5.82 Å². The Morgan fingerprint density at radius 2 is 1.57 bits per heavy atom. The van der Waals surface area contributed by atoms with Crippen LogP contribution in [0.4, 0.5) is 14.9 Å². The van der Waals surface area contributed by atoms with E-state index in [4.69, 9.17) is 9.84 Å². The van der Waals surface area contributed by atoms with Gasteiger partial charge in [0, 0.05) is 12.5 Å². The quantitative estimate of drug-likeness (QED) is 0.391. The summed E-state index contributed by atoms with van der Waals surface area (Å²) in [6.07, 6.45) is -2.76. The lowest BCUT2D eigenvalue weighted by Gasteiger charge is -2.15. The largest absolute Gasteiger partial charge is 0.481 e. The molecule has 2 amide bonds. The van der Waals surface area contributed by atoms with Crippen LogP contribution < -0.4 is 10.6 Å². The van der Waals surface area contributed by atoms with Crippen LogP contribution in [-0.4, -0.2) is 47.4 Å². The molecule has 4 rings (SSSR count). The van der Waals surface area contributed by atoms with Crippen molar-refractivity contribution in [2.24, 2.45) is 0 Å². The van der Waals surface area contributed by atoms with Crippen LogP contribution in [0.1, 0.15) is 33.8 Å². The van der Waals surface area contributed by atoms with Gasteiger partial charge in [0.1, 0.15) is 6.61 Å². The minimum absolute atomic E-state index is 0.0448. The molecule has 9 heteroatoms. The van der Waals surface area contributed by atoms with Gasteiger partial charge in [0.25, 0.3) is 5.91 Å². The molecule has 35 heavy (non-hydrogen) atoms. The molecule has 1 atom stereocenters. The molecule has 0 aliphatic heterocycles. The van der Waals surface area contributed by atoms with Crippen LogP contribution in [0.3, 0.4) is 0 Å². The first kappa shape index (κ1) is 23.9. The maximum absolute atomic E-state index is 14.9. The molecule has 1 aliphatic carbocycles. The van der Waals surface area contributed by atoms with Crippen LogP contribution in [0.5, 0.6) is 0 Å². The number of carboxylic acids is 1. The van der Waals surface area contributed by atoms with Gasteiger partial charge in [-0.15, -0.1) is 0 Å². The number of carbonyl (C=O) groups excluding carboxylic acids is 2. The Morgan fingerprint density at radius 3 is 2.20 bits per heavy atom. The van der Waals surface area contributed by atoms with Crippen LogP contribution in [-0.2, 0) is 9.53 Å². The Morgan fingerprint density at radius 1 is 0.943 bits per heavy atom. The highest BCUT2D eigenvalue weighted by molar-refractivity contribution is 5.96. The maximum atomic E-state index is 14.9. The monoisotopic (exact) mass is 478 g/mol. The second-order valence-electron chi connectivity index (χ2n) is 8.08. The molecule has 0 fully saturated rings. The molecule has 3 aromatic carbocycles. The molecule has 180 valence electrons. The normalized spacial score (nSPS) is 12.9. The molecule has 8 nitrogen and oxygen atoms in total. The highest BCUT2D eigenvalue weighted by Gasteiger charge is 2.29. The van der Waals surface area contributed by atoms with Crippen molar-refractivity contribution in [1.29, 1.82) is 0 Å². The van der Waals surface area contributed by atoms with Gasteiger partial charge >= 0.3 is 12.1 Å². The molecule has 0 spiro atoms. The highest BCUT2D eigenvalue weighted by Crippen LogP contribution is 2.44. The van der Waals surface area contributed by atoms with Crippen LogP contribution in [0.25, 0.3) is 11.1 Å². The van der Waals surface area contributed by atoms with Gasteiger partial charge < -0.3 is 20.3 Å². The zero-order valence-corrected chi connectivity index (χ0v) is 18.5. The zero-order chi connectivity index (χ0) is 24.9. The van der Waals surface area contributed by atoms with E-state index in [1.165, 1.54) is 18.2 Å². The Kier molecular flexibility index (Phi) is 7.07. The average molecular weight is 478 g/mol. The molecule has 3 aromatic rings. The molecule has 0 heterocycles. The van der Waals surface area contributed by atoms with Crippen LogP contribution in [0.15, 0.2) is 66.7 Å². The lowest BCUT2D eigenvalue weighted by atomic mass is 9.98. The Labute approximate surface area is 200 Å². The van der Waals surface area contributed by atoms with Gasteiger partial charge in [0.05, 0.1) is 23.8 Å². The van der Waals surface area contributed by atoms with E-state index in [1.54, 1.807) is 0 Å². The number of nitrogens with one attached hydrogen (secondary N) is 2. The number of fused-ring (bicyclic) bond motifs is 3. The molecule has 1 aliphatic rings. The van der Waals surface area contributed by atoms with Gasteiger partial charge in [-0.3, -0.25) is 14.9 Å². The summed E-state index contributed by atoms with van der Waals surface area (Å²) in [6.45, 7) is -0.322. The highest BCUT2D eigenvalue weighted by atomic mass is 19.1. The van der Waals surface area contributed by atoms with E-state index in [0.717, 1.165) is 22.3 Å². The number of aliphatic hydroxyl groups is 1. The minimum atomic E-state index is -1.32. The van der Waals surface area contributed by atoms with Crippen molar-refractivity contribution in [2.75, 3.05) is 18.5 Å². The Hall–Kier alpha value is -4.24. The van der Waals surface area contributed by atoms with Gasteiger partial charge in [-0.25, -0.2) is 9.18 Å². The Bertz CT molecular complexity index is 1230. The second kappa shape index (κ2) is 10.4. The predicted molar refractivity (Wildman–Crippen MR) is 126 cm³/mol. The number of halogens is 1. The van der Waals surface area contributed by atoms with Crippen molar-refractivity contribution in [3.8, 4) is 11.1 Å². The third-order valence-electron chi connectivity index (χ3n) is 5.73. The van der Waals surface area contributed by atoms with Gasteiger partial charge in [-0.2, -0.15) is 0 Å². The van der Waals surface area contributed by atoms with Crippen molar-refractivity contribution < 1.29 is 33.7 Å². The number of hydrogen-bond donors (Lipinski definition) is 4. The average Bonchev–Trinajstić information content (AvgIpc) is 3.16. The number of ether oxygens (including phenoxy) is 1. The summed E-state index contributed by atoms with van der Waals surface area (Å²) >= 11 is 0. The third-order valence-corrected chi connectivity index (χ3v) is 5.73. The zero-order valence-electron chi connectivity index (χ0n) is 18.5. The fraction of sp³-hybridized carbons (Fsp3) is 0.192. The summed E-state index contributed by atoms with van der Waals surface area (Å²) in [4.78, 5) is 35.3. The van der Waals surface area contributed by atoms with E-state index in [2.05, 4.69) is 10.6 Å². The Balaban J connectivity index is 1.39. The lowest BCUT2D eigenvalue weighted by Crippen LogP contribution is -2.33. The molecule has 4 N–H and O–H groups in total. The van der Waals surface area contributed by atoms with E-state index >= 15 is 0 Å². The topological polar surface area (TPSA) is 125 Å². The maximum Gasteiger partial charge on any atom is 0.411 e. The fourth-order valence-corrected chi connectivity index (χ4v) is 4.13. The van der Waals surface area contributed by atoms with E-state index in [-0.39, 0.29) is 30.3 Å². The first-order valence-electron chi connectivity index (χ1n) is 10.9. The molecular formula is C26H23FN2O6. The third kappa shape index (κ3) is 5.30. The van der Waals surface area contributed by atoms with Crippen molar-refractivity contribution in [3.63, 3.8) is 0 Å². The summed E-state index contributed by atoms with van der Waals surface area (Å²) < 4.78 is 20.3. The summed E-state index contributed by atoms with van der Waals surface area (Å²) in [5.41, 5.74) is 3.61. The van der Waals surface area contributed by atoms with E-state index < -0.39 is 36.3 Å². The van der Waals surface area contributed by atoms with Crippen molar-refractivity contribution >= 4 is 23.7 Å². The number of anilines is 1. The number of aliphatic carboxylic acids is 1. The molecule has 0 bridgehead atoms. The van der Waals surface area contributed by atoms with Gasteiger partial charge in [0.2, 0.25) is 0 Å². The minimum Gasteiger partial charge on any atom is -0.481 e. The molecule has 0 saturated carbocycles. The van der Waals surface area contributed by atoms with Crippen LogP contribution in [0.2, 0.25) is 0 Å². The van der Waals surface area contributed by atoms with E-state index in [0.29, 0.717) is 0 Å². The van der Waals surface area contributed by atoms with Crippen molar-refractivity contribution in [3.05, 3.63) is 89.2 Å². The summed E-state index contributed by atoms with van der Waals surface area (Å²) in [5, 5.41) is 22.8. The van der Waals surface area contributed by atoms with Crippen molar-refractivity contribution in [1.82, 2.24) is 5.32 Å². The number of amides is 2. The van der Waals surface area contributed by atoms with Crippen LogP contribution >= 0.6 is 0 Å². The van der Waals surface area contributed by atoms with Crippen LogP contribution in [0, 0.1) is 5.82 Å². The molecular weight excluding hydrogens is 455 g/mol. The number of carbonyl (C=O) groups is 3. The smallest absolute Gasteiger partial charge is 0.411 e. The first-order chi connectivity index (χ1) is 16.8. The number of carboxylic acid groups (broad SMARTS) is 1. The summed E-state index contributed by atoms with van der Waals surface area (Å²) in [7, 11) is 0. The second-order valence-corrected chi connectivity index (χ2v) is 8.08. The summed E-state index contributed by atoms with van der Waals surface area (Å²) in [5.74, 6) is -3.23.